The number of pyridine rings is 1. The summed E-state index contributed by atoms with van der Waals surface area (Å²) in [5.74, 6) is 1.50. The molecule has 1 aromatic rings. The predicted molar refractivity (Wildman–Crippen MR) is 89.2 cm³/mol. The lowest BCUT2D eigenvalue weighted by Gasteiger charge is -2.17. The van der Waals surface area contributed by atoms with E-state index in [-0.39, 0.29) is 6.61 Å². The van der Waals surface area contributed by atoms with Crippen molar-refractivity contribution < 1.29 is 9.13 Å². The number of rotatable bonds is 9. The van der Waals surface area contributed by atoms with Gasteiger partial charge in [0.1, 0.15) is 12.0 Å². The van der Waals surface area contributed by atoms with Crippen LogP contribution in [0, 0.1) is 5.92 Å². The van der Waals surface area contributed by atoms with E-state index < -0.39 is 6.17 Å². The van der Waals surface area contributed by atoms with Gasteiger partial charge in [-0.1, -0.05) is 25.8 Å². The molecule has 0 bridgehead atoms. The number of aromatic nitrogens is 1. The molecule has 0 aliphatic carbocycles. The summed E-state index contributed by atoms with van der Waals surface area (Å²) in [6.07, 6.45) is 6.46. The average Bonchev–Trinajstić information content (AvgIpc) is 2.51. The summed E-state index contributed by atoms with van der Waals surface area (Å²) in [6.45, 7) is 3.38. The third-order valence-corrected chi connectivity index (χ3v) is 4.34. The third kappa shape index (κ3) is 5.56. The van der Waals surface area contributed by atoms with Crippen LogP contribution in [0.3, 0.4) is 0 Å². The molecule has 1 aromatic heterocycles. The van der Waals surface area contributed by atoms with Crippen LogP contribution >= 0.6 is 0 Å². The molecule has 124 valence electrons. The molecule has 2 rings (SSSR count). The van der Waals surface area contributed by atoms with Crippen LogP contribution in [0.5, 0.6) is 0 Å². The number of nitrogens with one attached hydrogen (secondary N) is 1. The van der Waals surface area contributed by atoms with Gasteiger partial charge >= 0.3 is 0 Å². The van der Waals surface area contributed by atoms with Gasteiger partial charge in [-0.2, -0.15) is 0 Å². The van der Waals surface area contributed by atoms with Crippen LogP contribution in [0.25, 0.3) is 0 Å². The van der Waals surface area contributed by atoms with E-state index in [0.29, 0.717) is 12.3 Å². The highest BCUT2D eigenvalue weighted by Gasteiger charge is 2.12. The van der Waals surface area contributed by atoms with Gasteiger partial charge < -0.3 is 10.1 Å². The average molecular weight is 308 g/mol. The number of fused-ring (bicyclic) bond motifs is 1. The van der Waals surface area contributed by atoms with E-state index in [1.165, 1.54) is 17.7 Å². The number of unbranched alkanes of at least 4 members (excludes halogenated alkanes) is 1. The minimum absolute atomic E-state index is 0.219. The number of nitrogens with zero attached hydrogens (tertiary/aromatic N) is 1. The molecule has 1 aliphatic heterocycles. The first-order valence-corrected chi connectivity index (χ1v) is 8.54. The standard InChI is InChI=1S/C18H29FN2O/c1-14(12-16(19)13-22-2)6-3-4-8-17-10-9-15-7-5-11-20-18(15)21-17/h9-10,14,16H,3-8,11-13H2,1-2H3,(H,20,21)/t14?,16-/m0/s1. The molecule has 0 aromatic carbocycles. The van der Waals surface area contributed by atoms with Gasteiger partial charge in [-0.25, -0.2) is 9.37 Å². The van der Waals surface area contributed by atoms with Crippen molar-refractivity contribution in [2.45, 2.75) is 58.0 Å². The van der Waals surface area contributed by atoms with E-state index in [9.17, 15) is 4.39 Å². The van der Waals surface area contributed by atoms with Crippen molar-refractivity contribution >= 4 is 5.82 Å². The van der Waals surface area contributed by atoms with Crippen molar-refractivity contribution in [3.63, 3.8) is 0 Å². The first-order valence-electron chi connectivity index (χ1n) is 8.54. The lowest BCUT2D eigenvalue weighted by Crippen LogP contribution is -2.14. The van der Waals surface area contributed by atoms with Crippen molar-refractivity contribution in [2.75, 3.05) is 25.6 Å². The number of ether oxygens (including phenoxy) is 1. The molecule has 0 saturated carbocycles. The van der Waals surface area contributed by atoms with Crippen LogP contribution in [0.1, 0.15) is 50.3 Å². The maximum Gasteiger partial charge on any atom is 0.129 e. The molecule has 0 spiro atoms. The molecule has 4 heteroatoms. The Bertz CT molecular complexity index is 453. The predicted octanol–water partition coefficient (Wildman–Crippen LogP) is 4.16. The number of alkyl halides is 1. The number of halogens is 1. The summed E-state index contributed by atoms with van der Waals surface area (Å²) in [6, 6.07) is 4.37. The SMILES string of the molecule is COC[C@@H](F)CC(C)CCCCc1ccc2c(n1)NCCC2. The summed E-state index contributed by atoms with van der Waals surface area (Å²) < 4.78 is 18.3. The minimum Gasteiger partial charge on any atom is -0.382 e. The molecule has 2 atom stereocenters. The molecule has 0 radical (unpaired) electrons. The van der Waals surface area contributed by atoms with Crippen molar-refractivity contribution in [3.8, 4) is 0 Å². The highest BCUT2D eigenvalue weighted by atomic mass is 19.1. The van der Waals surface area contributed by atoms with Crippen molar-refractivity contribution in [3.05, 3.63) is 23.4 Å². The van der Waals surface area contributed by atoms with Crippen molar-refractivity contribution in [2.24, 2.45) is 5.92 Å². The summed E-state index contributed by atoms with van der Waals surface area (Å²) in [7, 11) is 1.55. The molecule has 3 nitrogen and oxygen atoms in total. The quantitative estimate of drug-likeness (QED) is 0.695. The van der Waals surface area contributed by atoms with Gasteiger partial charge in [0, 0.05) is 19.3 Å². The van der Waals surface area contributed by atoms with Gasteiger partial charge in [0.05, 0.1) is 6.61 Å². The topological polar surface area (TPSA) is 34.1 Å². The first kappa shape index (κ1) is 17.2. The number of hydrogen-bond donors (Lipinski definition) is 1. The Hall–Kier alpha value is -1.16. The van der Waals surface area contributed by atoms with Gasteiger partial charge in [-0.05, 0) is 49.7 Å². The van der Waals surface area contributed by atoms with Crippen molar-refractivity contribution in [1.29, 1.82) is 0 Å². The van der Waals surface area contributed by atoms with Gasteiger partial charge in [-0.15, -0.1) is 0 Å². The molecular weight excluding hydrogens is 279 g/mol. The molecule has 22 heavy (non-hydrogen) atoms. The smallest absolute Gasteiger partial charge is 0.129 e. The molecule has 1 aliphatic rings. The van der Waals surface area contributed by atoms with Gasteiger partial charge in [0.2, 0.25) is 0 Å². The van der Waals surface area contributed by atoms with Crippen LogP contribution in [0.15, 0.2) is 12.1 Å². The van der Waals surface area contributed by atoms with Crippen molar-refractivity contribution in [1.82, 2.24) is 4.98 Å². The molecule has 0 saturated heterocycles. The van der Waals surface area contributed by atoms with E-state index in [0.717, 1.165) is 44.5 Å². The van der Waals surface area contributed by atoms with E-state index in [1.807, 2.05) is 0 Å². The Labute approximate surface area is 133 Å². The summed E-state index contributed by atoms with van der Waals surface area (Å²) in [4.78, 5) is 4.72. The Balaban J connectivity index is 1.66. The second-order valence-corrected chi connectivity index (χ2v) is 6.48. The van der Waals surface area contributed by atoms with E-state index >= 15 is 0 Å². The monoisotopic (exact) mass is 308 g/mol. The maximum absolute atomic E-state index is 13.4. The zero-order chi connectivity index (χ0) is 15.8. The Morgan fingerprint density at radius 3 is 3.05 bits per heavy atom. The molecule has 0 fully saturated rings. The Morgan fingerprint density at radius 1 is 1.36 bits per heavy atom. The largest absolute Gasteiger partial charge is 0.382 e. The van der Waals surface area contributed by atoms with Gasteiger partial charge in [0.15, 0.2) is 0 Å². The van der Waals surface area contributed by atoms with Crippen LogP contribution in [0.4, 0.5) is 10.2 Å². The number of hydrogen-bond acceptors (Lipinski definition) is 3. The lowest BCUT2D eigenvalue weighted by atomic mass is 9.97. The van der Waals surface area contributed by atoms with Gasteiger partial charge in [-0.3, -0.25) is 0 Å². The number of anilines is 1. The zero-order valence-corrected chi connectivity index (χ0v) is 13.9. The van der Waals surface area contributed by atoms with Gasteiger partial charge in [0.25, 0.3) is 0 Å². The fourth-order valence-corrected chi connectivity index (χ4v) is 3.11. The molecule has 1 unspecified atom stereocenters. The number of aryl methyl sites for hydroxylation is 2. The number of methoxy groups -OCH3 is 1. The molecule has 2 heterocycles. The fraction of sp³-hybridized carbons (Fsp3) is 0.722. The van der Waals surface area contributed by atoms with E-state index in [4.69, 9.17) is 9.72 Å². The van der Waals surface area contributed by atoms with Crippen LogP contribution < -0.4 is 5.32 Å². The molecule has 1 N–H and O–H groups in total. The fourth-order valence-electron chi connectivity index (χ4n) is 3.11. The normalized spacial score (nSPS) is 16.7. The second kappa shape index (κ2) is 9.09. The Kier molecular flexibility index (Phi) is 7.10. The van der Waals surface area contributed by atoms with Crippen LogP contribution in [0.2, 0.25) is 0 Å². The third-order valence-electron chi connectivity index (χ3n) is 4.34. The van der Waals surface area contributed by atoms with E-state index in [2.05, 4.69) is 24.4 Å². The summed E-state index contributed by atoms with van der Waals surface area (Å²) in [5.41, 5.74) is 2.51. The first-order chi connectivity index (χ1) is 10.7. The zero-order valence-electron chi connectivity index (χ0n) is 13.9. The highest BCUT2D eigenvalue weighted by molar-refractivity contribution is 5.46. The molecule has 0 amide bonds. The Morgan fingerprint density at radius 2 is 2.23 bits per heavy atom. The lowest BCUT2D eigenvalue weighted by molar-refractivity contribution is 0.108. The summed E-state index contributed by atoms with van der Waals surface area (Å²) in [5, 5.41) is 3.38. The second-order valence-electron chi connectivity index (χ2n) is 6.48. The van der Waals surface area contributed by atoms with Crippen LogP contribution in [-0.2, 0) is 17.6 Å². The molecular formula is C18H29FN2O. The highest BCUT2D eigenvalue weighted by Crippen LogP contribution is 2.21. The van der Waals surface area contributed by atoms with E-state index in [1.54, 1.807) is 7.11 Å². The van der Waals surface area contributed by atoms with Crippen LogP contribution in [-0.4, -0.2) is 31.4 Å². The maximum atomic E-state index is 13.4. The summed E-state index contributed by atoms with van der Waals surface area (Å²) >= 11 is 0. The minimum atomic E-state index is -0.826.